The van der Waals surface area contributed by atoms with Gasteiger partial charge in [-0.05, 0) is 30.7 Å². The van der Waals surface area contributed by atoms with Crippen molar-refractivity contribution >= 4 is 23.5 Å². The number of oxazole rings is 1. The number of aromatic nitrogens is 5. The molecule has 0 bridgehead atoms. The molecule has 0 saturated carbocycles. The lowest BCUT2D eigenvalue weighted by Crippen LogP contribution is -2.12. The second-order valence-corrected chi connectivity index (χ2v) is 6.42. The Labute approximate surface area is 170 Å². The van der Waals surface area contributed by atoms with Crippen molar-refractivity contribution in [3.05, 3.63) is 53.4 Å². The fourth-order valence-corrected chi connectivity index (χ4v) is 2.94. The van der Waals surface area contributed by atoms with E-state index in [2.05, 4.69) is 35.2 Å². The third-order valence-electron chi connectivity index (χ3n) is 4.14. The van der Waals surface area contributed by atoms with Crippen LogP contribution in [0.15, 0.2) is 47.3 Å². The van der Waals surface area contributed by atoms with Crippen LogP contribution in [0.25, 0.3) is 34.3 Å². The predicted octanol–water partition coefficient (Wildman–Crippen LogP) is 4.33. The molecule has 10 heteroatoms. The number of carbonyl (C=O) groups is 1. The first kappa shape index (κ1) is 18.6. The van der Waals surface area contributed by atoms with Crippen molar-refractivity contribution in [2.24, 2.45) is 0 Å². The number of methoxy groups -OCH3 is 1. The van der Waals surface area contributed by atoms with Crippen LogP contribution in [-0.4, -0.2) is 38.4 Å². The van der Waals surface area contributed by atoms with E-state index in [9.17, 15) is 4.79 Å². The predicted molar refractivity (Wildman–Crippen MR) is 106 cm³/mol. The summed E-state index contributed by atoms with van der Waals surface area (Å²) in [5, 5.41) is 10.9. The summed E-state index contributed by atoms with van der Waals surface area (Å²) in [6.45, 7) is 1.86. The average Bonchev–Trinajstić information content (AvgIpc) is 3.39. The van der Waals surface area contributed by atoms with Crippen molar-refractivity contribution in [2.75, 3.05) is 12.4 Å². The average molecular weight is 411 g/mol. The summed E-state index contributed by atoms with van der Waals surface area (Å²) in [6, 6.07) is 8.92. The topological polar surface area (TPSA) is 119 Å². The molecule has 0 aliphatic rings. The van der Waals surface area contributed by atoms with E-state index in [4.69, 9.17) is 16.0 Å². The zero-order chi connectivity index (χ0) is 20.4. The molecule has 0 atom stereocenters. The molecule has 1 aromatic carbocycles. The summed E-state index contributed by atoms with van der Waals surface area (Å²) in [5.41, 5.74) is 2.57. The Hall–Kier alpha value is -3.72. The highest BCUT2D eigenvalue weighted by Crippen LogP contribution is 2.38. The third kappa shape index (κ3) is 3.67. The highest BCUT2D eigenvalue weighted by Gasteiger charge is 2.23. The molecule has 0 unspecified atom stereocenters. The van der Waals surface area contributed by atoms with Crippen LogP contribution in [-0.2, 0) is 4.74 Å². The molecule has 146 valence electrons. The molecule has 4 rings (SSSR count). The number of ether oxygens (including phenoxy) is 1. The normalized spacial score (nSPS) is 10.7. The monoisotopic (exact) mass is 410 g/mol. The molecule has 9 nitrogen and oxygen atoms in total. The molecule has 3 heterocycles. The Bertz CT molecular complexity index is 1170. The number of aromatic amines is 1. The summed E-state index contributed by atoms with van der Waals surface area (Å²) in [6.07, 6.45) is 2.43. The highest BCUT2D eigenvalue weighted by molar-refractivity contribution is 6.33. The van der Waals surface area contributed by atoms with E-state index in [0.29, 0.717) is 45.1 Å². The van der Waals surface area contributed by atoms with Gasteiger partial charge in [-0.15, -0.1) is 10.2 Å². The molecule has 0 saturated heterocycles. The van der Waals surface area contributed by atoms with Gasteiger partial charge in [-0.1, -0.05) is 23.7 Å². The number of pyridine rings is 1. The molecule has 0 radical (unpaired) electrons. The number of aryl methyl sites for hydroxylation is 1. The van der Waals surface area contributed by atoms with Crippen molar-refractivity contribution in [3.63, 3.8) is 0 Å². The van der Waals surface area contributed by atoms with Crippen LogP contribution >= 0.6 is 11.6 Å². The minimum absolute atomic E-state index is 0.302. The molecule has 0 aliphatic carbocycles. The number of H-pyrrole nitrogens is 1. The first-order valence-corrected chi connectivity index (χ1v) is 8.88. The maximum atomic E-state index is 11.5. The second-order valence-electron chi connectivity index (χ2n) is 6.02. The maximum absolute atomic E-state index is 11.5. The van der Waals surface area contributed by atoms with Gasteiger partial charge in [-0.2, -0.15) is 0 Å². The molecular formula is C19H15ClN6O3. The molecule has 3 aromatic heterocycles. The van der Waals surface area contributed by atoms with Crippen LogP contribution in [0.1, 0.15) is 5.56 Å². The van der Waals surface area contributed by atoms with E-state index in [1.165, 1.54) is 13.4 Å². The van der Waals surface area contributed by atoms with E-state index < -0.39 is 6.09 Å². The van der Waals surface area contributed by atoms with Crippen molar-refractivity contribution in [2.45, 2.75) is 6.92 Å². The molecular weight excluding hydrogens is 396 g/mol. The molecule has 0 fully saturated rings. The number of benzene rings is 1. The van der Waals surface area contributed by atoms with Crippen LogP contribution in [0.5, 0.6) is 0 Å². The van der Waals surface area contributed by atoms with Gasteiger partial charge < -0.3 is 14.1 Å². The SMILES string of the molecule is COC(=O)Nc1cc(-c2nc(-c3nnc[nH]3)c(-c3ccccc3Cl)o2)c(C)cn1. The summed E-state index contributed by atoms with van der Waals surface area (Å²) >= 11 is 6.37. The Morgan fingerprint density at radius 2 is 2.10 bits per heavy atom. The lowest BCUT2D eigenvalue weighted by molar-refractivity contribution is 0.187. The number of amides is 1. The molecule has 1 amide bonds. The fourth-order valence-electron chi connectivity index (χ4n) is 2.72. The standard InChI is InChI=1S/C19H15ClN6O3/c1-10-8-21-14(24-19(27)28-2)7-12(10)18-25-15(17-22-9-23-26-17)16(29-18)11-5-3-4-6-13(11)20/h3-9H,1-2H3,(H,21,24,27)(H,22,23,26). The number of anilines is 1. The van der Waals surface area contributed by atoms with Crippen molar-refractivity contribution in [1.29, 1.82) is 0 Å². The Kier molecular flexibility index (Phi) is 4.96. The highest BCUT2D eigenvalue weighted by atomic mass is 35.5. The van der Waals surface area contributed by atoms with Crippen LogP contribution in [0.2, 0.25) is 5.02 Å². The van der Waals surface area contributed by atoms with Crippen LogP contribution in [0, 0.1) is 6.92 Å². The van der Waals surface area contributed by atoms with Gasteiger partial charge in [0.1, 0.15) is 12.1 Å². The number of hydrogen-bond acceptors (Lipinski definition) is 7. The van der Waals surface area contributed by atoms with E-state index in [0.717, 1.165) is 5.56 Å². The quantitative estimate of drug-likeness (QED) is 0.513. The van der Waals surface area contributed by atoms with Crippen LogP contribution in [0.3, 0.4) is 0 Å². The van der Waals surface area contributed by atoms with Gasteiger partial charge in [0.25, 0.3) is 0 Å². The van der Waals surface area contributed by atoms with Crippen LogP contribution in [0.4, 0.5) is 10.6 Å². The van der Waals surface area contributed by atoms with Gasteiger partial charge in [0.15, 0.2) is 17.3 Å². The maximum Gasteiger partial charge on any atom is 0.412 e. The lowest BCUT2D eigenvalue weighted by atomic mass is 10.1. The molecule has 29 heavy (non-hydrogen) atoms. The van der Waals surface area contributed by atoms with E-state index in [1.54, 1.807) is 18.3 Å². The van der Waals surface area contributed by atoms with Crippen molar-refractivity contribution < 1.29 is 13.9 Å². The smallest absolute Gasteiger partial charge is 0.412 e. The number of nitrogens with zero attached hydrogens (tertiary/aromatic N) is 4. The third-order valence-corrected chi connectivity index (χ3v) is 4.47. The number of halogens is 1. The fraction of sp³-hybridized carbons (Fsp3) is 0.105. The summed E-state index contributed by atoms with van der Waals surface area (Å²) in [7, 11) is 1.28. The molecule has 4 aromatic rings. The zero-order valence-electron chi connectivity index (χ0n) is 15.4. The Morgan fingerprint density at radius 3 is 2.83 bits per heavy atom. The van der Waals surface area contributed by atoms with Crippen molar-refractivity contribution in [1.82, 2.24) is 25.1 Å². The summed E-state index contributed by atoms with van der Waals surface area (Å²) in [4.78, 5) is 23.2. The van der Waals surface area contributed by atoms with E-state index in [1.807, 2.05) is 25.1 Å². The van der Waals surface area contributed by atoms with Crippen molar-refractivity contribution in [3.8, 4) is 34.3 Å². The lowest BCUT2D eigenvalue weighted by Gasteiger charge is -2.06. The van der Waals surface area contributed by atoms with E-state index in [-0.39, 0.29) is 0 Å². The van der Waals surface area contributed by atoms with E-state index >= 15 is 0 Å². The first-order valence-electron chi connectivity index (χ1n) is 8.51. The van der Waals surface area contributed by atoms with Crippen LogP contribution < -0.4 is 5.32 Å². The number of rotatable bonds is 4. The number of nitrogens with one attached hydrogen (secondary N) is 2. The van der Waals surface area contributed by atoms with Gasteiger partial charge in [0, 0.05) is 17.3 Å². The van der Waals surface area contributed by atoms with Gasteiger partial charge in [0.2, 0.25) is 5.89 Å². The van der Waals surface area contributed by atoms with Gasteiger partial charge in [-0.25, -0.2) is 14.8 Å². The number of carbonyl (C=O) groups excluding carboxylic acids is 1. The summed E-state index contributed by atoms with van der Waals surface area (Å²) in [5.74, 6) is 1.51. The number of hydrogen-bond donors (Lipinski definition) is 2. The molecule has 0 aliphatic heterocycles. The van der Waals surface area contributed by atoms with Gasteiger partial charge in [-0.3, -0.25) is 5.32 Å². The minimum Gasteiger partial charge on any atom is -0.453 e. The Morgan fingerprint density at radius 1 is 1.28 bits per heavy atom. The molecule has 2 N–H and O–H groups in total. The van der Waals surface area contributed by atoms with Gasteiger partial charge in [0.05, 0.1) is 12.1 Å². The largest absolute Gasteiger partial charge is 0.453 e. The minimum atomic E-state index is -0.626. The summed E-state index contributed by atoms with van der Waals surface area (Å²) < 4.78 is 10.7. The van der Waals surface area contributed by atoms with Gasteiger partial charge >= 0.3 is 6.09 Å². The Balaban J connectivity index is 1.86. The first-order chi connectivity index (χ1) is 14.1. The molecule has 0 spiro atoms. The zero-order valence-corrected chi connectivity index (χ0v) is 16.2. The second kappa shape index (κ2) is 7.72.